The van der Waals surface area contributed by atoms with E-state index in [0.29, 0.717) is 17.7 Å². The van der Waals surface area contributed by atoms with Gasteiger partial charge < -0.3 is 4.74 Å². The second-order valence-corrected chi connectivity index (χ2v) is 3.62. The Kier molecular flexibility index (Phi) is 5.85. The molecule has 1 aromatic rings. The monoisotopic (exact) mass is 255 g/mol. The first-order valence-corrected chi connectivity index (χ1v) is 5.82. The fourth-order valence-corrected chi connectivity index (χ4v) is 1.34. The van der Waals surface area contributed by atoms with E-state index in [1.54, 1.807) is 31.2 Å². The van der Waals surface area contributed by atoms with Crippen molar-refractivity contribution in [1.82, 2.24) is 0 Å². The molecule has 0 amide bonds. The molecule has 0 aromatic heterocycles. The number of ketones is 1. The summed E-state index contributed by atoms with van der Waals surface area (Å²) in [6, 6.07) is 8.42. The Labute approximate surface area is 112 Å². The van der Waals surface area contributed by atoms with Crippen LogP contribution in [-0.2, 0) is 9.53 Å². The van der Waals surface area contributed by atoms with Crippen molar-refractivity contribution in [2.45, 2.75) is 19.8 Å². The van der Waals surface area contributed by atoms with Gasteiger partial charge in [-0.2, -0.15) is 5.26 Å². The molecule has 19 heavy (non-hydrogen) atoms. The Morgan fingerprint density at radius 2 is 1.89 bits per heavy atom. The normalized spacial score (nSPS) is 8.84. The molecule has 0 aliphatic rings. The predicted molar refractivity (Wildman–Crippen MR) is 69.1 cm³/mol. The third kappa shape index (κ3) is 5.06. The van der Waals surface area contributed by atoms with E-state index in [1.165, 1.54) is 0 Å². The molecule has 0 aliphatic carbocycles. The van der Waals surface area contributed by atoms with Gasteiger partial charge in [0, 0.05) is 11.1 Å². The highest BCUT2D eigenvalue weighted by molar-refractivity contribution is 5.97. The number of nitrogens with zero attached hydrogens (tertiary/aromatic N) is 1. The summed E-state index contributed by atoms with van der Waals surface area (Å²) in [6.45, 7) is 2.08. The van der Waals surface area contributed by atoms with E-state index in [2.05, 4.69) is 11.8 Å². The maximum absolute atomic E-state index is 11.4. The molecule has 1 rings (SSSR count). The molecule has 1 aromatic carbocycles. The lowest BCUT2D eigenvalue weighted by atomic mass is 10.1. The molecule has 0 saturated heterocycles. The molecule has 96 valence electrons. The topological polar surface area (TPSA) is 67.2 Å². The quantitative estimate of drug-likeness (QED) is 0.469. The van der Waals surface area contributed by atoms with E-state index < -0.39 is 0 Å². The van der Waals surface area contributed by atoms with Crippen LogP contribution in [0.4, 0.5) is 0 Å². The zero-order valence-electron chi connectivity index (χ0n) is 10.6. The van der Waals surface area contributed by atoms with Crippen LogP contribution in [0.15, 0.2) is 24.3 Å². The molecule has 0 fully saturated rings. The first-order valence-electron chi connectivity index (χ1n) is 5.82. The van der Waals surface area contributed by atoms with Crippen LogP contribution >= 0.6 is 0 Å². The summed E-state index contributed by atoms with van der Waals surface area (Å²) < 4.78 is 4.74. The van der Waals surface area contributed by atoms with Gasteiger partial charge in [0.05, 0.1) is 19.1 Å². The molecular formula is C15H13NO3. The Morgan fingerprint density at radius 3 is 2.47 bits per heavy atom. The Morgan fingerprint density at radius 1 is 1.21 bits per heavy atom. The van der Waals surface area contributed by atoms with Crippen molar-refractivity contribution < 1.29 is 14.3 Å². The molecule has 4 heteroatoms. The van der Waals surface area contributed by atoms with E-state index in [1.807, 2.05) is 6.07 Å². The summed E-state index contributed by atoms with van der Waals surface area (Å²) in [5, 5.41) is 8.43. The minimum Gasteiger partial charge on any atom is -0.465 e. The van der Waals surface area contributed by atoms with Crippen LogP contribution in [0.1, 0.15) is 35.7 Å². The maximum Gasteiger partial charge on any atom is 0.317 e. The van der Waals surface area contributed by atoms with Crippen LogP contribution in [0.2, 0.25) is 0 Å². The van der Waals surface area contributed by atoms with Crippen LogP contribution in [-0.4, -0.2) is 18.4 Å². The number of esters is 1. The van der Waals surface area contributed by atoms with Crippen molar-refractivity contribution in [3.63, 3.8) is 0 Å². The molecule has 0 unspecified atom stereocenters. The number of hydrogen-bond acceptors (Lipinski definition) is 4. The van der Waals surface area contributed by atoms with Crippen molar-refractivity contribution in [1.29, 1.82) is 5.26 Å². The first-order chi connectivity index (χ1) is 9.17. The van der Waals surface area contributed by atoms with Crippen molar-refractivity contribution in [2.24, 2.45) is 0 Å². The Hall–Kier alpha value is -2.59. The van der Waals surface area contributed by atoms with Gasteiger partial charge in [-0.15, -0.1) is 0 Å². The van der Waals surface area contributed by atoms with Gasteiger partial charge in [0.15, 0.2) is 5.78 Å². The van der Waals surface area contributed by atoms with Crippen molar-refractivity contribution in [2.75, 3.05) is 6.61 Å². The Balaban J connectivity index is 2.63. The minimum absolute atomic E-state index is 0.0446. The Bertz CT molecular complexity index is 556. The SMILES string of the molecule is CCOC(=O)CC#Cc1ccc(C(=O)CC#N)cc1. The van der Waals surface area contributed by atoms with Crippen LogP contribution in [0.25, 0.3) is 0 Å². The van der Waals surface area contributed by atoms with E-state index >= 15 is 0 Å². The fourth-order valence-electron chi connectivity index (χ4n) is 1.34. The van der Waals surface area contributed by atoms with Gasteiger partial charge in [0.2, 0.25) is 0 Å². The van der Waals surface area contributed by atoms with Gasteiger partial charge in [-0.3, -0.25) is 9.59 Å². The number of benzene rings is 1. The summed E-state index contributed by atoms with van der Waals surface area (Å²) in [6.07, 6.45) is -0.0865. The van der Waals surface area contributed by atoms with Crippen LogP contribution in [0.5, 0.6) is 0 Å². The lowest BCUT2D eigenvalue weighted by Crippen LogP contribution is -2.01. The van der Waals surface area contributed by atoms with E-state index in [4.69, 9.17) is 10.00 Å². The van der Waals surface area contributed by atoms with Gasteiger partial charge >= 0.3 is 5.97 Å². The average Bonchev–Trinajstić information content (AvgIpc) is 2.40. The van der Waals surface area contributed by atoms with E-state index in [-0.39, 0.29) is 24.6 Å². The van der Waals surface area contributed by atoms with Gasteiger partial charge in [-0.05, 0) is 19.1 Å². The van der Waals surface area contributed by atoms with Gasteiger partial charge in [0.1, 0.15) is 6.42 Å². The summed E-state index contributed by atoms with van der Waals surface area (Å²) in [7, 11) is 0. The minimum atomic E-state index is -0.351. The zero-order chi connectivity index (χ0) is 14.1. The van der Waals surface area contributed by atoms with Gasteiger partial charge in [0.25, 0.3) is 0 Å². The number of carbonyl (C=O) groups excluding carboxylic acids is 2. The molecule has 0 heterocycles. The average molecular weight is 255 g/mol. The van der Waals surface area contributed by atoms with Crippen molar-refractivity contribution in [3.05, 3.63) is 35.4 Å². The number of hydrogen-bond donors (Lipinski definition) is 0. The molecule has 0 atom stereocenters. The number of ether oxygens (including phenoxy) is 1. The lowest BCUT2D eigenvalue weighted by Gasteiger charge is -1.97. The smallest absolute Gasteiger partial charge is 0.317 e. The third-order valence-electron chi connectivity index (χ3n) is 2.22. The molecule has 0 saturated carbocycles. The molecule has 4 nitrogen and oxygen atoms in total. The highest BCUT2D eigenvalue weighted by Gasteiger charge is 2.03. The summed E-state index contributed by atoms with van der Waals surface area (Å²) >= 11 is 0. The van der Waals surface area contributed by atoms with E-state index in [0.717, 1.165) is 0 Å². The molecule has 0 N–H and O–H groups in total. The maximum atomic E-state index is 11.4. The first kappa shape index (κ1) is 14.5. The van der Waals surface area contributed by atoms with Crippen molar-refractivity contribution in [3.8, 4) is 17.9 Å². The number of rotatable bonds is 4. The highest BCUT2D eigenvalue weighted by atomic mass is 16.5. The summed E-state index contributed by atoms with van der Waals surface area (Å²) in [5.41, 5.74) is 1.19. The summed E-state index contributed by atoms with van der Waals surface area (Å²) in [5.74, 6) is 4.94. The van der Waals surface area contributed by atoms with Gasteiger partial charge in [-0.1, -0.05) is 24.0 Å². The standard InChI is InChI=1S/C15H13NO3/c1-2-19-15(18)5-3-4-12-6-8-13(9-7-12)14(17)10-11-16/h6-9H,2,5,10H2,1H3. The molecule has 0 spiro atoms. The van der Waals surface area contributed by atoms with E-state index in [9.17, 15) is 9.59 Å². The zero-order valence-corrected chi connectivity index (χ0v) is 10.6. The molecular weight excluding hydrogens is 242 g/mol. The molecule has 0 aliphatic heterocycles. The highest BCUT2D eigenvalue weighted by Crippen LogP contribution is 2.06. The number of carbonyl (C=O) groups is 2. The predicted octanol–water partition coefficient (Wildman–Crippen LogP) is 2.09. The fraction of sp³-hybridized carbons (Fsp3) is 0.267. The van der Waals surface area contributed by atoms with Crippen LogP contribution in [0, 0.1) is 23.2 Å². The van der Waals surface area contributed by atoms with Crippen LogP contribution in [0.3, 0.4) is 0 Å². The van der Waals surface area contributed by atoms with Crippen LogP contribution < -0.4 is 0 Å². The third-order valence-corrected chi connectivity index (χ3v) is 2.22. The molecule has 0 radical (unpaired) electrons. The number of nitriles is 1. The second kappa shape index (κ2) is 7.68. The van der Waals surface area contributed by atoms with Crippen molar-refractivity contribution >= 4 is 11.8 Å². The summed E-state index contributed by atoms with van der Waals surface area (Å²) in [4.78, 5) is 22.5. The largest absolute Gasteiger partial charge is 0.465 e. The lowest BCUT2D eigenvalue weighted by molar-refractivity contribution is -0.141. The van der Waals surface area contributed by atoms with Gasteiger partial charge in [-0.25, -0.2) is 0 Å². The second-order valence-electron chi connectivity index (χ2n) is 3.62. The molecule has 0 bridgehead atoms. The number of Topliss-reactive ketones (excluding diaryl/α,β-unsaturated/α-hetero) is 1.